The molecule has 2 rings (SSSR count). The maximum absolute atomic E-state index is 12.2. The monoisotopic (exact) mass is 390 g/mol. The number of methoxy groups -OCH3 is 1. The highest BCUT2D eigenvalue weighted by molar-refractivity contribution is 5.97. The Kier molecular flexibility index (Phi) is 7.41. The Balaban J connectivity index is 2.02. The molecule has 2 aromatic carbocycles. The summed E-state index contributed by atoms with van der Waals surface area (Å²) in [5, 5.41) is 11.2. The minimum Gasteiger partial charge on any atom is -0.481 e. The number of ether oxygens (including phenoxy) is 1. The highest BCUT2D eigenvalue weighted by atomic mass is 16.5. The molecule has 0 radical (unpaired) electrons. The van der Waals surface area contributed by atoms with Gasteiger partial charge in [-0.25, -0.2) is 4.79 Å². The number of benzene rings is 2. The number of nitrogens with one attached hydrogen (secondary N) is 1. The van der Waals surface area contributed by atoms with Crippen LogP contribution in [0.5, 0.6) is 0 Å². The van der Waals surface area contributed by atoms with Crippen LogP contribution in [-0.4, -0.2) is 36.1 Å². The summed E-state index contributed by atoms with van der Waals surface area (Å²) in [6, 6.07) is 12.1. The van der Waals surface area contributed by atoms with Crippen LogP contribution >= 0.6 is 0 Å². The lowest BCUT2D eigenvalue weighted by atomic mass is 10.1. The first-order chi connectivity index (χ1) is 13.9. The van der Waals surface area contributed by atoms with E-state index in [1.165, 1.54) is 12.1 Å². The van der Waals surface area contributed by atoms with Crippen LogP contribution in [0.25, 0.3) is 0 Å². The molecular formula is C22H18N2O5. The van der Waals surface area contributed by atoms with Gasteiger partial charge >= 0.3 is 11.9 Å². The molecule has 29 heavy (non-hydrogen) atoms. The first-order valence-electron chi connectivity index (χ1n) is 8.47. The van der Waals surface area contributed by atoms with Crippen molar-refractivity contribution in [2.75, 3.05) is 12.8 Å². The van der Waals surface area contributed by atoms with Crippen LogP contribution in [-0.2, 0) is 14.3 Å². The Bertz CT molecular complexity index is 1020. The molecule has 0 aliphatic rings. The Morgan fingerprint density at radius 1 is 1.00 bits per heavy atom. The van der Waals surface area contributed by atoms with Crippen molar-refractivity contribution in [3.8, 4) is 23.7 Å². The van der Waals surface area contributed by atoms with Crippen molar-refractivity contribution < 1.29 is 24.2 Å². The minimum atomic E-state index is -1.27. The standard InChI is InChI=1S/C22H18N2O5/c1-29-22(28)19(14-20(25)26)24-21(27)17-10-6-15(7-11-17)4-2-3-5-16-8-12-18(23)13-9-16/h6-13,19H,14,23H2,1H3,(H,24,27)(H,25,26)/t19-/m0/s1. The fourth-order valence-electron chi connectivity index (χ4n) is 2.23. The zero-order valence-electron chi connectivity index (χ0n) is 15.6. The third-order valence-electron chi connectivity index (χ3n) is 3.70. The zero-order valence-corrected chi connectivity index (χ0v) is 15.6. The van der Waals surface area contributed by atoms with Gasteiger partial charge in [0, 0.05) is 22.4 Å². The van der Waals surface area contributed by atoms with E-state index in [9.17, 15) is 14.4 Å². The van der Waals surface area contributed by atoms with Crippen LogP contribution in [0, 0.1) is 23.7 Å². The van der Waals surface area contributed by atoms with Crippen LogP contribution in [0.4, 0.5) is 5.69 Å². The Morgan fingerprint density at radius 3 is 2.00 bits per heavy atom. The molecule has 0 aliphatic heterocycles. The minimum absolute atomic E-state index is 0.253. The molecule has 0 spiro atoms. The second-order valence-corrected chi connectivity index (χ2v) is 5.85. The van der Waals surface area contributed by atoms with Crippen molar-refractivity contribution in [1.82, 2.24) is 5.32 Å². The van der Waals surface area contributed by atoms with Crippen molar-refractivity contribution >= 4 is 23.5 Å². The first kappa shape index (κ1) is 21.1. The predicted octanol–water partition coefficient (Wildman–Crippen LogP) is 1.42. The second kappa shape index (κ2) is 10.2. The molecule has 7 nitrogen and oxygen atoms in total. The van der Waals surface area contributed by atoms with E-state index in [0.29, 0.717) is 11.3 Å². The van der Waals surface area contributed by atoms with E-state index in [1.54, 1.807) is 36.4 Å². The topological polar surface area (TPSA) is 119 Å². The second-order valence-electron chi connectivity index (χ2n) is 5.85. The van der Waals surface area contributed by atoms with Gasteiger partial charge in [0.25, 0.3) is 5.91 Å². The van der Waals surface area contributed by atoms with E-state index in [1.807, 2.05) is 0 Å². The van der Waals surface area contributed by atoms with E-state index in [-0.39, 0.29) is 5.56 Å². The van der Waals surface area contributed by atoms with E-state index < -0.39 is 30.3 Å². The molecule has 4 N–H and O–H groups in total. The Morgan fingerprint density at radius 2 is 1.52 bits per heavy atom. The van der Waals surface area contributed by atoms with Gasteiger partial charge in [0.05, 0.1) is 13.5 Å². The average Bonchev–Trinajstić information content (AvgIpc) is 2.71. The maximum atomic E-state index is 12.2. The summed E-state index contributed by atoms with van der Waals surface area (Å²) in [6.45, 7) is 0. The third-order valence-corrected chi connectivity index (χ3v) is 3.70. The van der Waals surface area contributed by atoms with Gasteiger partial charge < -0.3 is 20.9 Å². The number of carbonyl (C=O) groups is 3. The summed E-state index contributed by atoms with van der Waals surface area (Å²) in [5.41, 5.74) is 7.95. The number of carboxylic acids is 1. The number of rotatable bonds is 5. The molecule has 7 heteroatoms. The van der Waals surface area contributed by atoms with Gasteiger partial charge in [-0.1, -0.05) is 11.8 Å². The smallest absolute Gasteiger partial charge is 0.328 e. The molecule has 1 amide bonds. The van der Waals surface area contributed by atoms with Crippen molar-refractivity contribution in [2.24, 2.45) is 0 Å². The van der Waals surface area contributed by atoms with Crippen LogP contribution in [0.1, 0.15) is 27.9 Å². The van der Waals surface area contributed by atoms with Crippen molar-refractivity contribution in [1.29, 1.82) is 0 Å². The van der Waals surface area contributed by atoms with Crippen molar-refractivity contribution in [3.05, 3.63) is 65.2 Å². The molecule has 0 fully saturated rings. The number of amides is 1. The van der Waals surface area contributed by atoms with Crippen molar-refractivity contribution in [3.63, 3.8) is 0 Å². The SMILES string of the molecule is COC(=O)[C@H](CC(=O)O)NC(=O)c1ccc(C#CC#Cc2ccc(N)cc2)cc1. The lowest BCUT2D eigenvalue weighted by Gasteiger charge is -2.14. The fraction of sp³-hybridized carbons (Fsp3) is 0.136. The maximum Gasteiger partial charge on any atom is 0.328 e. The van der Waals surface area contributed by atoms with Gasteiger partial charge in [-0.15, -0.1) is 0 Å². The molecule has 0 saturated carbocycles. The molecule has 0 bridgehead atoms. The van der Waals surface area contributed by atoms with Crippen LogP contribution in [0.3, 0.4) is 0 Å². The average molecular weight is 390 g/mol. The molecule has 2 aromatic rings. The Hall–Kier alpha value is -4.23. The van der Waals surface area contributed by atoms with Gasteiger partial charge in [-0.3, -0.25) is 9.59 Å². The summed E-state index contributed by atoms with van der Waals surface area (Å²) in [6.07, 6.45) is -0.575. The molecular weight excluding hydrogens is 372 g/mol. The third kappa shape index (κ3) is 6.78. The number of carbonyl (C=O) groups excluding carboxylic acids is 2. The number of hydrogen-bond donors (Lipinski definition) is 3. The van der Waals surface area contributed by atoms with Gasteiger partial charge in [0.2, 0.25) is 0 Å². The van der Waals surface area contributed by atoms with E-state index in [2.05, 4.69) is 33.7 Å². The lowest BCUT2D eigenvalue weighted by Crippen LogP contribution is -2.42. The predicted molar refractivity (Wildman–Crippen MR) is 107 cm³/mol. The molecule has 0 unspecified atom stereocenters. The van der Waals surface area contributed by atoms with Gasteiger partial charge in [-0.05, 0) is 60.4 Å². The summed E-state index contributed by atoms with van der Waals surface area (Å²) in [5.74, 6) is 8.54. The summed E-state index contributed by atoms with van der Waals surface area (Å²) in [4.78, 5) is 34.7. The van der Waals surface area contributed by atoms with Crippen LogP contribution in [0.15, 0.2) is 48.5 Å². The molecule has 0 aliphatic carbocycles. The first-order valence-corrected chi connectivity index (χ1v) is 8.47. The molecule has 0 heterocycles. The molecule has 0 aromatic heterocycles. The molecule has 1 atom stereocenters. The normalized spacial score (nSPS) is 10.4. The zero-order chi connectivity index (χ0) is 21.2. The fourth-order valence-corrected chi connectivity index (χ4v) is 2.23. The highest BCUT2D eigenvalue weighted by Crippen LogP contribution is 2.06. The lowest BCUT2D eigenvalue weighted by molar-refractivity contribution is -0.147. The van der Waals surface area contributed by atoms with Crippen LogP contribution < -0.4 is 11.1 Å². The summed E-state index contributed by atoms with van der Waals surface area (Å²) < 4.78 is 4.51. The van der Waals surface area contributed by atoms with Crippen molar-refractivity contribution in [2.45, 2.75) is 12.5 Å². The summed E-state index contributed by atoms with van der Waals surface area (Å²) in [7, 11) is 1.12. The number of hydrogen-bond acceptors (Lipinski definition) is 5. The Labute approximate surface area is 167 Å². The molecule has 146 valence electrons. The number of nitrogens with two attached hydrogens (primary N) is 1. The number of carboxylic acid groups (broad SMARTS) is 1. The number of esters is 1. The molecule has 0 saturated heterocycles. The van der Waals surface area contributed by atoms with E-state index in [0.717, 1.165) is 12.7 Å². The van der Waals surface area contributed by atoms with Gasteiger partial charge in [-0.2, -0.15) is 0 Å². The number of aliphatic carboxylic acids is 1. The highest BCUT2D eigenvalue weighted by Gasteiger charge is 2.24. The number of anilines is 1. The number of nitrogen functional groups attached to an aromatic ring is 1. The van der Waals surface area contributed by atoms with E-state index >= 15 is 0 Å². The van der Waals surface area contributed by atoms with Crippen LogP contribution in [0.2, 0.25) is 0 Å². The van der Waals surface area contributed by atoms with E-state index in [4.69, 9.17) is 10.8 Å². The van der Waals surface area contributed by atoms with Gasteiger partial charge in [0.15, 0.2) is 0 Å². The largest absolute Gasteiger partial charge is 0.481 e. The summed E-state index contributed by atoms with van der Waals surface area (Å²) >= 11 is 0. The quantitative estimate of drug-likeness (QED) is 0.404. The van der Waals surface area contributed by atoms with Gasteiger partial charge in [0.1, 0.15) is 6.04 Å².